The predicted octanol–water partition coefficient (Wildman–Crippen LogP) is 4.05. The molecule has 3 nitrogen and oxygen atoms in total. The highest BCUT2D eigenvalue weighted by molar-refractivity contribution is 9.10. The molecule has 0 spiro atoms. The Morgan fingerprint density at radius 3 is 2.71 bits per heavy atom. The number of carbonyl (C=O) groups excluding carboxylic acids is 1. The molecule has 0 unspecified atom stereocenters. The quantitative estimate of drug-likeness (QED) is 0.839. The average Bonchev–Trinajstić information content (AvgIpc) is 2.90. The van der Waals surface area contributed by atoms with Crippen LogP contribution in [0.5, 0.6) is 5.75 Å². The summed E-state index contributed by atoms with van der Waals surface area (Å²) in [5.41, 5.74) is 2.91. The van der Waals surface area contributed by atoms with E-state index in [2.05, 4.69) is 22.0 Å². The van der Waals surface area contributed by atoms with Gasteiger partial charge in [-0.3, -0.25) is 4.79 Å². The normalized spacial score (nSPS) is 13.1. The van der Waals surface area contributed by atoms with Crippen molar-refractivity contribution < 1.29 is 9.53 Å². The monoisotopic (exact) mass is 345 g/mol. The lowest BCUT2D eigenvalue weighted by molar-refractivity contribution is 0.0989. The highest BCUT2D eigenvalue weighted by atomic mass is 79.9. The maximum atomic E-state index is 12.7. The molecule has 1 heterocycles. The van der Waals surface area contributed by atoms with Gasteiger partial charge in [0, 0.05) is 22.3 Å². The number of hydrogen-bond donors (Lipinski definition) is 0. The third-order valence-corrected chi connectivity index (χ3v) is 4.09. The second-order valence-electron chi connectivity index (χ2n) is 4.94. The largest absolute Gasteiger partial charge is 0.494 e. The van der Waals surface area contributed by atoms with E-state index in [1.807, 2.05) is 48.2 Å². The number of halogens is 1. The Labute approximate surface area is 132 Å². The van der Waals surface area contributed by atoms with Crippen LogP contribution in [0.1, 0.15) is 22.8 Å². The Bertz CT molecular complexity index is 667. The molecule has 21 heavy (non-hydrogen) atoms. The molecule has 2 aromatic carbocycles. The fourth-order valence-corrected chi connectivity index (χ4v) is 2.93. The predicted molar refractivity (Wildman–Crippen MR) is 87.1 cm³/mol. The summed E-state index contributed by atoms with van der Waals surface area (Å²) in [6.45, 7) is 3.30. The third kappa shape index (κ3) is 2.81. The molecule has 0 radical (unpaired) electrons. The highest BCUT2D eigenvalue weighted by Gasteiger charge is 2.25. The van der Waals surface area contributed by atoms with Gasteiger partial charge < -0.3 is 9.64 Å². The van der Waals surface area contributed by atoms with Crippen molar-refractivity contribution in [3.8, 4) is 5.75 Å². The lowest BCUT2D eigenvalue weighted by Crippen LogP contribution is -2.28. The molecule has 0 saturated carbocycles. The van der Waals surface area contributed by atoms with Crippen molar-refractivity contribution in [2.45, 2.75) is 13.3 Å². The van der Waals surface area contributed by atoms with Crippen LogP contribution in [0.2, 0.25) is 0 Å². The van der Waals surface area contributed by atoms with Crippen molar-refractivity contribution in [2.75, 3.05) is 18.1 Å². The van der Waals surface area contributed by atoms with E-state index in [9.17, 15) is 4.79 Å². The molecule has 3 rings (SSSR count). The van der Waals surface area contributed by atoms with Crippen LogP contribution in [0.15, 0.2) is 46.9 Å². The number of hydrogen-bond acceptors (Lipinski definition) is 2. The molecule has 0 saturated heterocycles. The van der Waals surface area contributed by atoms with Gasteiger partial charge in [-0.2, -0.15) is 0 Å². The average molecular weight is 346 g/mol. The van der Waals surface area contributed by atoms with E-state index < -0.39 is 0 Å². The number of benzene rings is 2. The molecule has 0 atom stereocenters. The van der Waals surface area contributed by atoms with Crippen LogP contribution in [-0.2, 0) is 6.42 Å². The van der Waals surface area contributed by atoms with Crippen LogP contribution in [0, 0.1) is 0 Å². The summed E-state index contributed by atoms with van der Waals surface area (Å²) >= 11 is 3.47. The summed E-state index contributed by atoms with van der Waals surface area (Å²) in [4.78, 5) is 14.5. The molecule has 1 aliphatic heterocycles. The van der Waals surface area contributed by atoms with E-state index in [1.54, 1.807) is 0 Å². The molecule has 0 aromatic heterocycles. The summed E-state index contributed by atoms with van der Waals surface area (Å²) < 4.78 is 6.40. The second kappa shape index (κ2) is 5.90. The fraction of sp³-hybridized carbons (Fsp3) is 0.235. The van der Waals surface area contributed by atoms with E-state index in [0.717, 1.165) is 28.9 Å². The summed E-state index contributed by atoms with van der Waals surface area (Å²) in [6.07, 6.45) is 0.908. The number of rotatable bonds is 3. The first kappa shape index (κ1) is 14.1. The zero-order chi connectivity index (χ0) is 14.8. The molecule has 0 bridgehead atoms. The van der Waals surface area contributed by atoms with E-state index in [4.69, 9.17) is 4.74 Å². The van der Waals surface area contributed by atoms with Crippen LogP contribution in [-0.4, -0.2) is 19.1 Å². The number of nitrogens with zero attached hydrogens (tertiary/aromatic N) is 1. The van der Waals surface area contributed by atoms with Crippen LogP contribution in [0.3, 0.4) is 0 Å². The van der Waals surface area contributed by atoms with Crippen LogP contribution in [0.4, 0.5) is 5.69 Å². The third-order valence-electron chi connectivity index (χ3n) is 3.60. The van der Waals surface area contributed by atoms with Gasteiger partial charge in [-0.1, -0.05) is 22.0 Å². The van der Waals surface area contributed by atoms with Crippen LogP contribution < -0.4 is 9.64 Å². The minimum Gasteiger partial charge on any atom is -0.494 e. The summed E-state index contributed by atoms with van der Waals surface area (Å²) in [7, 11) is 0. The molecule has 4 heteroatoms. The lowest BCUT2D eigenvalue weighted by atomic mass is 10.1. The van der Waals surface area contributed by atoms with Crippen molar-refractivity contribution in [3.63, 3.8) is 0 Å². The smallest absolute Gasteiger partial charge is 0.258 e. The first-order valence-electron chi connectivity index (χ1n) is 7.02. The lowest BCUT2D eigenvalue weighted by Gasteiger charge is -2.18. The Balaban J connectivity index is 1.85. The Morgan fingerprint density at radius 1 is 1.24 bits per heavy atom. The molecule has 108 valence electrons. The molecule has 0 N–H and O–H groups in total. The molecule has 1 aliphatic rings. The van der Waals surface area contributed by atoms with Crippen molar-refractivity contribution in [3.05, 3.63) is 58.1 Å². The summed E-state index contributed by atoms with van der Waals surface area (Å²) in [5, 5.41) is 0. The SMILES string of the molecule is CCOc1ccc(C(=O)N2CCc3ccc(Br)cc32)cc1. The fourth-order valence-electron chi connectivity index (χ4n) is 2.58. The van der Waals surface area contributed by atoms with Crippen molar-refractivity contribution in [1.29, 1.82) is 0 Å². The first-order chi connectivity index (χ1) is 10.2. The number of amides is 1. The zero-order valence-corrected chi connectivity index (χ0v) is 13.4. The van der Waals surface area contributed by atoms with Gasteiger partial charge in [0.2, 0.25) is 0 Å². The number of fused-ring (bicyclic) bond motifs is 1. The highest BCUT2D eigenvalue weighted by Crippen LogP contribution is 2.32. The zero-order valence-electron chi connectivity index (χ0n) is 11.8. The van der Waals surface area contributed by atoms with Crippen LogP contribution in [0.25, 0.3) is 0 Å². The van der Waals surface area contributed by atoms with Gasteiger partial charge in [0.15, 0.2) is 0 Å². The molecule has 0 aliphatic carbocycles. The molecule has 2 aromatic rings. The van der Waals surface area contributed by atoms with Crippen LogP contribution >= 0.6 is 15.9 Å². The maximum Gasteiger partial charge on any atom is 0.258 e. The Morgan fingerprint density at radius 2 is 2.00 bits per heavy atom. The van der Waals surface area contributed by atoms with Gasteiger partial charge in [-0.15, -0.1) is 0 Å². The Kier molecular flexibility index (Phi) is 3.97. The maximum absolute atomic E-state index is 12.7. The number of anilines is 1. The van der Waals surface area contributed by atoms with Gasteiger partial charge in [-0.25, -0.2) is 0 Å². The molecule has 1 amide bonds. The summed E-state index contributed by atoms with van der Waals surface area (Å²) in [6, 6.07) is 13.4. The van der Waals surface area contributed by atoms with E-state index >= 15 is 0 Å². The standard InChI is InChI=1S/C17H16BrNO2/c1-2-21-15-7-4-13(5-8-15)17(20)19-10-9-12-3-6-14(18)11-16(12)19/h3-8,11H,2,9-10H2,1H3. The van der Waals surface area contributed by atoms with E-state index in [0.29, 0.717) is 12.2 Å². The van der Waals surface area contributed by atoms with Gasteiger partial charge >= 0.3 is 0 Å². The van der Waals surface area contributed by atoms with Gasteiger partial charge in [0.1, 0.15) is 5.75 Å². The minimum absolute atomic E-state index is 0.0369. The number of ether oxygens (including phenoxy) is 1. The topological polar surface area (TPSA) is 29.5 Å². The second-order valence-corrected chi connectivity index (χ2v) is 5.85. The minimum atomic E-state index is 0.0369. The Hall–Kier alpha value is -1.81. The molecule has 0 fully saturated rings. The molecular formula is C17H16BrNO2. The van der Waals surface area contributed by atoms with Crippen molar-refractivity contribution in [1.82, 2.24) is 0 Å². The van der Waals surface area contributed by atoms with Gasteiger partial charge in [0.05, 0.1) is 6.61 Å². The number of carbonyl (C=O) groups is 1. The van der Waals surface area contributed by atoms with Gasteiger partial charge in [0.25, 0.3) is 5.91 Å². The van der Waals surface area contributed by atoms with E-state index in [-0.39, 0.29) is 5.91 Å². The first-order valence-corrected chi connectivity index (χ1v) is 7.81. The summed E-state index contributed by atoms with van der Waals surface area (Å²) in [5.74, 6) is 0.827. The molecular weight excluding hydrogens is 330 g/mol. The van der Waals surface area contributed by atoms with Crippen molar-refractivity contribution >= 4 is 27.5 Å². The van der Waals surface area contributed by atoms with Crippen molar-refractivity contribution in [2.24, 2.45) is 0 Å². The van der Waals surface area contributed by atoms with E-state index in [1.165, 1.54) is 5.56 Å². The van der Waals surface area contributed by atoms with Gasteiger partial charge in [-0.05, 0) is 55.3 Å².